The highest BCUT2D eigenvalue weighted by molar-refractivity contribution is 7.89. The van der Waals surface area contributed by atoms with E-state index in [0.29, 0.717) is 16.5 Å². The number of likely N-dealkylation sites (N-methyl/N-ethyl adjacent to an activating group) is 1. The first kappa shape index (κ1) is 22.9. The van der Waals surface area contributed by atoms with Crippen LogP contribution < -0.4 is 4.74 Å². The van der Waals surface area contributed by atoms with Gasteiger partial charge in [-0.3, -0.25) is 4.79 Å². The zero-order chi connectivity index (χ0) is 21.4. The van der Waals surface area contributed by atoms with Gasteiger partial charge >= 0.3 is 5.97 Å². The van der Waals surface area contributed by atoms with Crippen molar-refractivity contribution >= 4 is 27.6 Å². The second-order valence-corrected chi connectivity index (χ2v) is 8.43. The number of aliphatic hydroxyl groups is 1. The Bertz CT molecular complexity index is 928. The normalized spacial score (nSPS) is 12.4. The van der Waals surface area contributed by atoms with E-state index in [0.717, 1.165) is 4.31 Å². The highest BCUT2D eigenvalue weighted by Crippen LogP contribution is 2.26. The number of halogens is 1. The molecule has 0 unspecified atom stereocenters. The predicted octanol–water partition coefficient (Wildman–Crippen LogP) is 3.23. The number of benzene rings is 2. The van der Waals surface area contributed by atoms with Crippen LogP contribution in [-0.4, -0.2) is 50.1 Å². The van der Waals surface area contributed by atoms with Crippen molar-refractivity contribution in [2.75, 3.05) is 20.3 Å². The monoisotopic (exact) mass is 439 g/mol. The zero-order valence-electron chi connectivity index (χ0n) is 15.8. The van der Waals surface area contributed by atoms with Crippen LogP contribution in [0.1, 0.15) is 6.42 Å². The van der Waals surface area contributed by atoms with Gasteiger partial charge in [0.1, 0.15) is 24.1 Å². The summed E-state index contributed by atoms with van der Waals surface area (Å²) in [5.41, 5.74) is 0. The highest BCUT2D eigenvalue weighted by atomic mass is 35.5. The average molecular weight is 440 g/mol. The molecule has 1 atom stereocenters. The molecule has 7 nitrogen and oxygen atoms in total. The molecule has 0 radical (unpaired) electrons. The van der Waals surface area contributed by atoms with E-state index in [9.17, 15) is 18.3 Å². The molecule has 0 heterocycles. The summed E-state index contributed by atoms with van der Waals surface area (Å²) in [6, 6.07) is 11.3. The molecule has 156 valence electrons. The van der Waals surface area contributed by atoms with Crippen LogP contribution in [0.3, 0.4) is 0 Å². The van der Waals surface area contributed by atoms with E-state index in [1.54, 1.807) is 24.3 Å². The number of esters is 1. The van der Waals surface area contributed by atoms with E-state index in [-0.39, 0.29) is 24.5 Å². The molecule has 9 heteroatoms. The van der Waals surface area contributed by atoms with Gasteiger partial charge in [0.25, 0.3) is 0 Å². The van der Waals surface area contributed by atoms with Gasteiger partial charge in [-0.05, 0) is 55.0 Å². The van der Waals surface area contributed by atoms with Crippen LogP contribution in [0.15, 0.2) is 66.1 Å². The van der Waals surface area contributed by atoms with Crippen LogP contribution >= 0.6 is 11.6 Å². The van der Waals surface area contributed by atoms with Crippen LogP contribution in [0.25, 0.3) is 0 Å². The van der Waals surface area contributed by atoms with E-state index < -0.39 is 22.0 Å². The molecule has 0 aromatic heterocycles. The van der Waals surface area contributed by atoms with Crippen molar-refractivity contribution in [3.63, 3.8) is 0 Å². The Morgan fingerprint density at radius 3 is 2.24 bits per heavy atom. The van der Waals surface area contributed by atoms with Crippen molar-refractivity contribution in [3.05, 3.63) is 66.2 Å². The lowest BCUT2D eigenvalue weighted by atomic mass is 10.2. The highest BCUT2D eigenvalue weighted by Gasteiger charge is 2.33. The van der Waals surface area contributed by atoms with Gasteiger partial charge in [0.15, 0.2) is 0 Å². The van der Waals surface area contributed by atoms with E-state index in [4.69, 9.17) is 21.1 Å². The predicted molar refractivity (Wildman–Crippen MR) is 110 cm³/mol. The van der Waals surface area contributed by atoms with Gasteiger partial charge in [0, 0.05) is 18.7 Å². The van der Waals surface area contributed by atoms with Gasteiger partial charge in [-0.1, -0.05) is 24.3 Å². The number of carbonyl (C=O) groups excluding carboxylic acids is 1. The number of nitrogens with zero attached hydrogens (tertiary/aromatic N) is 1. The molecule has 2 aromatic carbocycles. The average Bonchev–Trinajstić information content (AvgIpc) is 2.71. The number of sulfonamides is 1. The smallest absolute Gasteiger partial charge is 0.324 e. The first-order chi connectivity index (χ1) is 13.8. The fraction of sp³-hybridized carbons (Fsp3) is 0.250. The molecule has 0 aliphatic rings. The summed E-state index contributed by atoms with van der Waals surface area (Å²) in [6.07, 6.45) is 1.28. The Hall–Kier alpha value is -2.39. The van der Waals surface area contributed by atoms with E-state index in [2.05, 4.69) is 6.58 Å². The summed E-state index contributed by atoms with van der Waals surface area (Å²) >= 11 is 5.83. The molecule has 0 aliphatic carbocycles. The Morgan fingerprint density at radius 1 is 1.17 bits per heavy atom. The molecule has 2 rings (SSSR count). The van der Waals surface area contributed by atoms with Crippen LogP contribution in [0, 0.1) is 0 Å². The standard InChI is InChI=1S/C20H22ClNO6S/c1-3-14-27-20(24)19(12-13-23)22(2)29(25,26)18-10-8-17(9-11-18)28-16-6-4-15(21)5-7-16/h3-11,19,23H,1,12-14H2,2H3/t19-/m1/s1. The molecule has 1 N–H and O–H groups in total. The maximum atomic E-state index is 12.9. The lowest BCUT2D eigenvalue weighted by Crippen LogP contribution is -2.43. The van der Waals surface area contributed by atoms with Crippen molar-refractivity contribution in [2.24, 2.45) is 0 Å². The number of aliphatic hydroxyl groups excluding tert-OH is 1. The SMILES string of the molecule is C=CCOC(=O)[C@@H](CCO)N(C)S(=O)(=O)c1ccc(Oc2ccc(Cl)cc2)cc1. The van der Waals surface area contributed by atoms with Crippen molar-refractivity contribution in [3.8, 4) is 11.5 Å². The summed E-state index contributed by atoms with van der Waals surface area (Å²) in [6.45, 7) is 3.02. The number of carbonyl (C=O) groups is 1. The third-order valence-electron chi connectivity index (χ3n) is 4.01. The van der Waals surface area contributed by atoms with Gasteiger partial charge in [-0.2, -0.15) is 4.31 Å². The number of rotatable bonds is 10. The van der Waals surface area contributed by atoms with Crippen molar-refractivity contribution in [2.45, 2.75) is 17.4 Å². The van der Waals surface area contributed by atoms with Crippen LogP contribution in [0.2, 0.25) is 5.02 Å². The maximum Gasteiger partial charge on any atom is 0.324 e. The third kappa shape index (κ3) is 6.04. The van der Waals surface area contributed by atoms with Crippen molar-refractivity contribution < 1.29 is 27.8 Å². The minimum Gasteiger partial charge on any atom is -0.460 e. The molecule has 0 aliphatic heterocycles. The molecule has 0 fully saturated rings. The van der Waals surface area contributed by atoms with E-state index in [1.807, 2.05) is 0 Å². The second-order valence-electron chi connectivity index (χ2n) is 6.00. The first-order valence-electron chi connectivity index (χ1n) is 8.69. The van der Waals surface area contributed by atoms with Crippen molar-refractivity contribution in [1.82, 2.24) is 4.31 Å². The van der Waals surface area contributed by atoms with Gasteiger partial charge in [-0.25, -0.2) is 8.42 Å². The van der Waals surface area contributed by atoms with Crippen LogP contribution in [-0.2, 0) is 19.6 Å². The van der Waals surface area contributed by atoms with Crippen LogP contribution in [0.4, 0.5) is 0 Å². The van der Waals surface area contributed by atoms with Gasteiger partial charge in [-0.15, -0.1) is 0 Å². The maximum absolute atomic E-state index is 12.9. The molecule has 0 saturated heterocycles. The molecular formula is C20H22ClNO6S. The zero-order valence-corrected chi connectivity index (χ0v) is 17.4. The lowest BCUT2D eigenvalue weighted by molar-refractivity contribution is -0.147. The minimum absolute atomic E-state index is 0.0251. The third-order valence-corrected chi connectivity index (χ3v) is 6.14. The summed E-state index contributed by atoms with van der Waals surface area (Å²) in [5, 5.41) is 9.79. The van der Waals surface area contributed by atoms with Gasteiger partial charge in [0.2, 0.25) is 10.0 Å². The fourth-order valence-corrected chi connectivity index (χ4v) is 3.92. The summed E-state index contributed by atoms with van der Waals surface area (Å²) in [4.78, 5) is 12.2. The Labute approximate surface area is 175 Å². The summed E-state index contributed by atoms with van der Waals surface area (Å²) in [7, 11) is -2.74. The van der Waals surface area contributed by atoms with Crippen molar-refractivity contribution in [1.29, 1.82) is 0 Å². The molecule has 0 spiro atoms. The van der Waals surface area contributed by atoms with Crippen LogP contribution in [0.5, 0.6) is 11.5 Å². The lowest BCUT2D eigenvalue weighted by Gasteiger charge is -2.25. The Balaban J connectivity index is 2.18. The Morgan fingerprint density at radius 2 is 1.72 bits per heavy atom. The number of ether oxygens (including phenoxy) is 2. The second kappa shape index (κ2) is 10.4. The topological polar surface area (TPSA) is 93.1 Å². The molecule has 0 amide bonds. The minimum atomic E-state index is -4.00. The van der Waals surface area contributed by atoms with Gasteiger partial charge in [0.05, 0.1) is 4.90 Å². The number of hydrogen-bond acceptors (Lipinski definition) is 6. The number of hydrogen-bond donors (Lipinski definition) is 1. The Kier molecular flexibility index (Phi) is 8.21. The molecule has 0 bridgehead atoms. The van der Waals surface area contributed by atoms with Gasteiger partial charge < -0.3 is 14.6 Å². The molecule has 2 aromatic rings. The van der Waals surface area contributed by atoms with E-state index >= 15 is 0 Å². The molecular weight excluding hydrogens is 418 g/mol. The summed E-state index contributed by atoms with van der Waals surface area (Å²) in [5.74, 6) is 0.231. The largest absolute Gasteiger partial charge is 0.460 e. The van der Waals surface area contributed by atoms with E-state index in [1.165, 1.54) is 37.4 Å². The quantitative estimate of drug-likeness (QED) is 0.451. The summed E-state index contributed by atoms with van der Waals surface area (Å²) < 4.78 is 37.3. The molecule has 0 saturated carbocycles. The fourth-order valence-electron chi connectivity index (χ4n) is 2.46. The first-order valence-corrected chi connectivity index (χ1v) is 10.5. The molecule has 29 heavy (non-hydrogen) atoms.